The van der Waals surface area contributed by atoms with Gasteiger partial charge in [-0.05, 0) is 35.3 Å². The van der Waals surface area contributed by atoms with Crippen molar-refractivity contribution in [1.82, 2.24) is 0 Å². The Labute approximate surface area is 125 Å². The van der Waals surface area contributed by atoms with Crippen LogP contribution in [0.2, 0.25) is 0 Å². The van der Waals surface area contributed by atoms with E-state index in [4.69, 9.17) is 4.74 Å². The van der Waals surface area contributed by atoms with E-state index >= 15 is 0 Å². The summed E-state index contributed by atoms with van der Waals surface area (Å²) in [4.78, 5) is 0. The summed E-state index contributed by atoms with van der Waals surface area (Å²) in [6, 6.07) is 6.67. The Kier molecular flexibility index (Phi) is 5.44. The van der Waals surface area contributed by atoms with Crippen molar-refractivity contribution in [2.75, 3.05) is 6.61 Å². The van der Waals surface area contributed by atoms with Gasteiger partial charge in [0.15, 0.2) is 0 Å². The van der Waals surface area contributed by atoms with Crippen molar-refractivity contribution < 1.29 is 4.74 Å². The fraction of sp³-hybridized carbons (Fsp3) is 0.579. The summed E-state index contributed by atoms with van der Waals surface area (Å²) in [6.07, 6.45) is 4.02. The zero-order chi connectivity index (χ0) is 15.4. The van der Waals surface area contributed by atoms with E-state index in [1.54, 1.807) is 6.08 Å². The highest BCUT2D eigenvalue weighted by Gasteiger charge is 2.26. The number of hydrogen-bond acceptors (Lipinski definition) is 1. The summed E-state index contributed by atoms with van der Waals surface area (Å²) in [5, 5.41) is 0. The van der Waals surface area contributed by atoms with E-state index < -0.39 is 0 Å². The topological polar surface area (TPSA) is 9.23 Å². The van der Waals surface area contributed by atoms with Crippen LogP contribution < -0.4 is 4.74 Å². The average Bonchev–Trinajstić information content (AvgIpc) is 2.44. The molecule has 1 rings (SSSR count). The molecule has 1 aromatic rings. The Hall–Kier alpha value is -1.24. The van der Waals surface area contributed by atoms with Gasteiger partial charge in [-0.15, -0.1) is 0 Å². The van der Waals surface area contributed by atoms with E-state index in [-0.39, 0.29) is 10.8 Å². The molecule has 0 aromatic heterocycles. The van der Waals surface area contributed by atoms with Crippen LogP contribution in [0.4, 0.5) is 0 Å². The normalized spacial score (nSPS) is 12.3. The van der Waals surface area contributed by atoms with Gasteiger partial charge in [-0.3, -0.25) is 0 Å². The van der Waals surface area contributed by atoms with Gasteiger partial charge in [-0.1, -0.05) is 66.3 Å². The fourth-order valence-corrected chi connectivity index (χ4v) is 2.15. The summed E-state index contributed by atoms with van der Waals surface area (Å²) in [5.41, 5.74) is 3.02. The van der Waals surface area contributed by atoms with Gasteiger partial charge in [0.05, 0.1) is 0 Å². The van der Waals surface area contributed by atoms with Crippen molar-refractivity contribution >= 4 is 0 Å². The van der Waals surface area contributed by atoms with Crippen LogP contribution in [-0.2, 0) is 10.8 Å². The predicted octanol–water partition coefficient (Wildman–Crippen LogP) is 5.63. The van der Waals surface area contributed by atoms with Gasteiger partial charge in [0.1, 0.15) is 12.4 Å². The van der Waals surface area contributed by atoms with Crippen LogP contribution in [0.3, 0.4) is 0 Å². The van der Waals surface area contributed by atoms with E-state index in [1.165, 1.54) is 11.1 Å². The van der Waals surface area contributed by atoms with Crippen molar-refractivity contribution in [1.29, 1.82) is 0 Å². The molecule has 0 aliphatic carbocycles. The van der Waals surface area contributed by atoms with Crippen molar-refractivity contribution in [3.8, 4) is 5.75 Å². The molecule has 0 unspecified atom stereocenters. The highest BCUT2D eigenvalue weighted by Crippen LogP contribution is 2.38. The van der Waals surface area contributed by atoms with Gasteiger partial charge < -0.3 is 4.74 Å². The molecule has 112 valence electrons. The predicted molar refractivity (Wildman–Crippen MR) is 88.8 cm³/mol. The second-order valence-corrected chi connectivity index (χ2v) is 6.79. The first-order valence-electron chi connectivity index (χ1n) is 7.67. The van der Waals surface area contributed by atoms with Crippen LogP contribution in [0.1, 0.15) is 65.5 Å². The molecule has 0 amide bonds. The minimum absolute atomic E-state index is 0.121. The molecule has 1 heteroatoms. The molecule has 0 aliphatic rings. The molecule has 0 spiro atoms. The average molecular weight is 274 g/mol. The first-order valence-corrected chi connectivity index (χ1v) is 7.67. The molecular weight excluding hydrogens is 244 g/mol. The molecule has 0 heterocycles. The van der Waals surface area contributed by atoms with Gasteiger partial charge in [0.25, 0.3) is 0 Å². The van der Waals surface area contributed by atoms with Crippen LogP contribution in [0.15, 0.2) is 30.9 Å². The molecule has 0 N–H and O–H groups in total. The van der Waals surface area contributed by atoms with Gasteiger partial charge in [0, 0.05) is 5.56 Å². The Morgan fingerprint density at radius 2 is 1.65 bits per heavy atom. The minimum atomic E-state index is 0.121. The third-order valence-corrected chi connectivity index (χ3v) is 4.61. The lowest BCUT2D eigenvalue weighted by molar-refractivity contribution is 0.345. The van der Waals surface area contributed by atoms with Crippen molar-refractivity contribution in [2.45, 2.75) is 65.2 Å². The standard InChI is InChI=1S/C19H30O/c1-8-13-20-17-12-11-15(18(4,5)9-2)14-16(17)19(6,7)10-3/h8,11-12,14H,1,9-10,13H2,2-7H3. The summed E-state index contributed by atoms with van der Waals surface area (Å²) >= 11 is 0. The van der Waals surface area contributed by atoms with Crippen LogP contribution >= 0.6 is 0 Å². The van der Waals surface area contributed by atoms with E-state index in [0.29, 0.717) is 6.61 Å². The maximum Gasteiger partial charge on any atom is 0.123 e. The van der Waals surface area contributed by atoms with Crippen molar-refractivity contribution in [3.05, 3.63) is 42.0 Å². The largest absolute Gasteiger partial charge is 0.489 e. The highest BCUT2D eigenvalue weighted by atomic mass is 16.5. The summed E-state index contributed by atoms with van der Waals surface area (Å²) in [7, 11) is 0. The zero-order valence-corrected chi connectivity index (χ0v) is 14.0. The molecule has 0 bridgehead atoms. The number of benzene rings is 1. The first-order chi connectivity index (χ1) is 9.28. The van der Waals surface area contributed by atoms with Crippen molar-refractivity contribution in [2.24, 2.45) is 0 Å². The molecule has 1 nitrogen and oxygen atoms in total. The van der Waals surface area contributed by atoms with Gasteiger partial charge in [0.2, 0.25) is 0 Å². The molecule has 0 radical (unpaired) electrons. The van der Waals surface area contributed by atoms with Gasteiger partial charge >= 0.3 is 0 Å². The second-order valence-electron chi connectivity index (χ2n) is 6.79. The zero-order valence-electron chi connectivity index (χ0n) is 14.0. The molecule has 1 aromatic carbocycles. The molecule has 0 saturated heterocycles. The molecule has 0 saturated carbocycles. The van der Waals surface area contributed by atoms with E-state index in [1.807, 2.05) is 0 Å². The molecular formula is C19H30O. The number of rotatable bonds is 7. The maximum atomic E-state index is 5.86. The Morgan fingerprint density at radius 1 is 1.05 bits per heavy atom. The minimum Gasteiger partial charge on any atom is -0.489 e. The lowest BCUT2D eigenvalue weighted by atomic mass is 9.76. The Morgan fingerprint density at radius 3 is 2.15 bits per heavy atom. The quantitative estimate of drug-likeness (QED) is 0.586. The summed E-state index contributed by atoms with van der Waals surface area (Å²) in [6.45, 7) is 17.9. The lowest BCUT2D eigenvalue weighted by Gasteiger charge is -2.30. The van der Waals surface area contributed by atoms with Gasteiger partial charge in [-0.25, -0.2) is 0 Å². The lowest BCUT2D eigenvalue weighted by Crippen LogP contribution is -2.21. The number of hydrogen-bond donors (Lipinski definition) is 0. The molecule has 20 heavy (non-hydrogen) atoms. The van der Waals surface area contributed by atoms with Crippen molar-refractivity contribution in [3.63, 3.8) is 0 Å². The smallest absolute Gasteiger partial charge is 0.123 e. The third-order valence-electron chi connectivity index (χ3n) is 4.61. The molecule has 0 fully saturated rings. The van der Waals surface area contributed by atoms with Crippen LogP contribution in [0.25, 0.3) is 0 Å². The number of ether oxygens (including phenoxy) is 1. The summed E-state index contributed by atoms with van der Waals surface area (Å²) < 4.78 is 5.86. The Bertz CT molecular complexity index is 455. The maximum absolute atomic E-state index is 5.86. The van der Waals surface area contributed by atoms with Crippen LogP contribution in [0.5, 0.6) is 5.75 Å². The molecule has 0 atom stereocenters. The van der Waals surface area contributed by atoms with Crippen LogP contribution in [0, 0.1) is 0 Å². The molecule has 0 aliphatic heterocycles. The third kappa shape index (κ3) is 3.65. The Balaban J connectivity index is 3.32. The first kappa shape index (κ1) is 16.8. The second kappa shape index (κ2) is 6.47. The van der Waals surface area contributed by atoms with E-state index in [9.17, 15) is 0 Å². The van der Waals surface area contributed by atoms with E-state index in [0.717, 1.165) is 18.6 Å². The highest BCUT2D eigenvalue weighted by molar-refractivity contribution is 5.44. The monoisotopic (exact) mass is 274 g/mol. The van der Waals surface area contributed by atoms with Crippen LogP contribution in [-0.4, -0.2) is 6.61 Å². The van der Waals surface area contributed by atoms with E-state index in [2.05, 4.69) is 66.3 Å². The summed E-state index contributed by atoms with van der Waals surface area (Å²) in [5.74, 6) is 0.993. The SMILES string of the molecule is C=CCOc1ccc(C(C)(C)CC)cc1C(C)(C)CC. The fourth-order valence-electron chi connectivity index (χ4n) is 2.15. The van der Waals surface area contributed by atoms with Gasteiger partial charge in [-0.2, -0.15) is 0 Å².